The monoisotopic (exact) mass is 1060 g/mol. The summed E-state index contributed by atoms with van der Waals surface area (Å²) < 4.78 is 16.9. The van der Waals surface area contributed by atoms with Crippen molar-refractivity contribution in [1.82, 2.24) is 0 Å². The first-order chi connectivity index (χ1) is 38.0. The summed E-state index contributed by atoms with van der Waals surface area (Å²) in [6.45, 7) is 6.37. The van der Waals surface area contributed by atoms with E-state index in [2.05, 4.69) is 154 Å². The molecule has 0 aromatic rings. The van der Waals surface area contributed by atoms with Gasteiger partial charge < -0.3 is 14.2 Å². The molecule has 0 aromatic heterocycles. The first kappa shape index (κ1) is 72.5. The van der Waals surface area contributed by atoms with Crippen LogP contribution >= 0.6 is 0 Å². The lowest BCUT2D eigenvalue weighted by Crippen LogP contribution is -2.30. The lowest BCUT2D eigenvalue weighted by atomic mass is 10.1. The molecule has 77 heavy (non-hydrogen) atoms. The normalized spacial score (nSPS) is 13.0. The summed E-state index contributed by atoms with van der Waals surface area (Å²) in [5.41, 5.74) is 0. The van der Waals surface area contributed by atoms with Crippen LogP contribution < -0.4 is 0 Å². The summed E-state index contributed by atoms with van der Waals surface area (Å²) in [5, 5.41) is 0. The number of rotatable bonds is 56. The molecule has 0 aromatic carbocycles. The van der Waals surface area contributed by atoms with Crippen LogP contribution in [0, 0.1) is 0 Å². The van der Waals surface area contributed by atoms with Gasteiger partial charge in [0, 0.05) is 19.3 Å². The molecule has 0 bridgehead atoms. The Morgan fingerprint density at radius 2 is 0.506 bits per heavy atom. The Bertz CT molecular complexity index is 1650. The third-order valence-electron chi connectivity index (χ3n) is 13.1. The van der Waals surface area contributed by atoms with E-state index in [9.17, 15) is 14.4 Å². The molecular weight excluding hydrogens is 949 g/mol. The van der Waals surface area contributed by atoms with Crippen LogP contribution in [0.2, 0.25) is 0 Å². The average molecular weight is 1070 g/mol. The van der Waals surface area contributed by atoms with E-state index in [1.807, 2.05) is 0 Å². The predicted octanol–water partition coefficient (Wildman–Crippen LogP) is 21.8. The molecule has 0 saturated heterocycles. The van der Waals surface area contributed by atoms with Gasteiger partial charge in [-0.3, -0.25) is 14.4 Å². The molecule has 6 nitrogen and oxygen atoms in total. The van der Waals surface area contributed by atoms with Gasteiger partial charge in [-0.2, -0.15) is 0 Å². The second kappa shape index (κ2) is 64.1. The number of esters is 3. The van der Waals surface area contributed by atoms with Gasteiger partial charge in [-0.25, -0.2) is 0 Å². The Hall–Kier alpha value is -4.45. The largest absolute Gasteiger partial charge is 0.462 e. The van der Waals surface area contributed by atoms with E-state index >= 15 is 0 Å². The standard InChI is InChI=1S/C71H116O6/c1-4-7-10-13-16-19-22-25-28-30-31-32-33-34-35-36-37-38-39-41-43-46-49-52-55-58-61-64-70(73)76-67-68(66-75-69(72)63-60-57-54-51-48-45-42-27-24-21-18-15-12-9-6-3)77-71(74)65-62-59-56-53-50-47-44-40-29-26-23-20-17-14-11-8-5-2/h7,9-10,12,16-21,25-29,31-32,34-35,37-38,42,68H,4-6,8,11,13-15,22-24,30,33,36,39-41,43-67H2,1-3H3/b10-7-,12-9-,19-16-,20-17-,21-18-,28-25-,29-26-,32-31-,35-34-,38-37-,42-27-. The fourth-order valence-electron chi connectivity index (χ4n) is 8.43. The van der Waals surface area contributed by atoms with Crippen LogP contribution in [0.1, 0.15) is 278 Å². The van der Waals surface area contributed by atoms with Crippen LogP contribution in [0.25, 0.3) is 0 Å². The molecule has 0 fully saturated rings. The zero-order valence-electron chi connectivity index (χ0n) is 49.9. The minimum Gasteiger partial charge on any atom is -0.462 e. The Balaban J connectivity index is 4.39. The zero-order chi connectivity index (χ0) is 55.7. The minimum atomic E-state index is -0.799. The molecule has 0 saturated carbocycles. The van der Waals surface area contributed by atoms with Gasteiger partial charge in [0.2, 0.25) is 0 Å². The number of allylic oxidation sites excluding steroid dienone is 22. The van der Waals surface area contributed by atoms with E-state index in [0.29, 0.717) is 19.3 Å². The van der Waals surface area contributed by atoms with E-state index in [1.54, 1.807) is 0 Å². The number of unbranched alkanes of at least 4 members (excludes halogenated alkanes) is 23. The van der Waals surface area contributed by atoms with Crippen molar-refractivity contribution in [1.29, 1.82) is 0 Å². The van der Waals surface area contributed by atoms with E-state index in [0.717, 1.165) is 154 Å². The highest BCUT2D eigenvalue weighted by atomic mass is 16.6. The van der Waals surface area contributed by atoms with E-state index in [1.165, 1.54) is 83.5 Å². The van der Waals surface area contributed by atoms with Crippen LogP contribution in [0.4, 0.5) is 0 Å². The molecule has 0 N–H and O–H groups in total. The van der Waals surface area contributed by atoms with Crippen molar-refractivity contribution in [3.8, 4) is 0 Å². The summed E-state index contributed by atoms with van der Waals surface area (Å²) in [6, 6.07) is 0. The van der Waals surface area contributed by atoms with Gasteiger partial charge >= 0.3 is 17.9 Å². The molecule has 0 radical (unpaired) electrons. The molecule has 0 heterocycles. The van der Waals surface area contributed by atoms with Crippen LogP contribution in [-0.2, 0) is 28.6 Å². The topological polar surface area (TPSA) is 78.9 Å². The van der Waals surface area contributed by atoms with Gasteiger partial charge in [-0.05, 0) is 135 Å². The third kappa shape index (κ3) is 62.3. The van der Waals surface area contributed by atoms with Gasteiger partial charge in [-0.15, -0.1) is 0 Å². The third-order valence-corrected chi connectivity index (χ3v) is 13.1. The van der Waals surface area contributed by atoms with Crippen molar-refractivity contribution in [2.45, 2.75) is 284 Å². The van der Waals surface area contributed by atoms with Gasteiger partial charge in [-0.1, -0.05) is 257 Å². The van der Waals surface area contributed by atoms with Crippen molar-refractivity contribution in [2.75, 3.05) is 13.2 Å². The van der Waals surface area contributed by atoms with Crippen molar-refractivity contribution in [2.24, 2.45) is 0 Å². The second-order valence-corrected chi connectivity index (χ2v) is 20.5. The lowest BCUT2D eigenvalue weighted by molar-refractivity contribution is -0.167. The van der Waals surface area contributed by atoms with Gasteiger partial charge in [0.1, 0.15) is 13.2 Å². The number of carbonyl (C=O) groups excluding carboxylic acids is 3. The van der Waals surface area contributed by atoms with Crippen molar-refractivity contribution >= 4 is 17.9 Å². The molecule has 0 aliphatic carbocycles. The van der Waals surface area contributed by atoms with E-state index in [4.69, 9.17) is 14.2 Å². The summed E-state index contributed by atoms with van der Waals surface area (Å²) in [7, 11) is 0. The fraction of sp³-hybridized carbons (Fsp3) is 0.648. The molecule has 0 amide bonds. The number of hydrogen-bond donors (Lipinski definition) is 0. The van der Waals surface area contributed by atoms with Gasteiger partial charge in [0.05, 0.1) is 0 Å². The van der Waals surface area contributed by atoms with E-state index in [-0.39, 0.29) is 31.1 Å². The summed E-state index contributed by atoms with van der Waals surface area (Å²) in [6.07, 6.45) is 90.2. The summed E-state index contributed by atoms with van der Waals surface area (Å²) >= 11 is 0. The van der Waals surface area contributed by atoms with Crippen molar-refractivity contribution in [3.05, 3.63) is 134 Å². The maximum atomic E-state index is 12.9. The molecule has 1 unspecified atom stereocenters. The van der Waals surface area contributed by atoms with Crippen molar-refractivity contribution in [3.63, 3.8) is 0 Å². The van der Waals surface area contributed by atoms with Crippen molar-refractivity contribution < 1.29 is 28.6 Å². The Morgan fingerprint density at radius 3 is 0.792 bits per heavy atom. The smallest absolute Gasteiger partial charge is 0.306 e. The van der Waals surface area contributed by atoms with Crippen LogP contribution in [0.3, 0.4) is 0 Å². The summed E-state index contributed by atoms with van der Waals surface area (Å²) in [5.74, 6) is -0.926. The molecular formula is C71H116O6. The average Bonchev–Trinajstić information content (AvgIpc) is 3.43. The molecule has 0 rings (SSSR count). The second-order valence-electron chi connectivity index (χ2n) is 20.5. The molecule has 0 spiro atoms. The maximum absolute atomic E-state index is 12.9. The Morgan fingerprint density at radius 1 is 0.273 bits per heavy atom. The SMILES string of the molecule is CC/C=C\C/C=C\C/C=C\C/C=C\C/C=C\C/C=C\CCCCCCCCCCC(=O)OCC(COC(=O)CCCCCCC/C=C\C/C=C\C/C=C\CC)OC(=O)CCCCCCCCC/C=C\C/C=C\CCCCC. The summed E-state index contributed by atoms with van der Waals surface area (Å²) in [4.78, 5) is 38.3. The molecule has 0 aliphatic heterocycles. The fourth-order valence-corrected chi connectivity index (χ4v) is 8.43. The highest BCUT2D eigenvalue weighted by molar-refractivity contribution is 5.71. The lowest BCUT2D eigenvalue weighted by Gasteiger charge is -2.18. The highest BCUT2D eigenvalue weighted by Gasteiger charge is 2.19. The Kier molecular flexibility index (Phi) is 60.4. The Labute approximate surface area is 475 Å². The first-order valence-corrected chi connectivity index (χ1v) is 31.7. The molecule has 6 heteroatoms. The van der Waals surface area contributed by atoms with Gasteiger partial charge in [0.25, 0.3) is 0 Å². The first-order valence-electron chi connectivity index (χ1n) is 31.7. The van der Waals surface area contributed by atoms with Crippen LogP contribution in [0.5, 0.6) is 0 Å². The number of hydrogen-bond acceptors (Lipinski definition) is 6. The molecule has 1 atom stereocenters. The van der Waals surface area contributed by atoms with Crippen LogP contribution in [-0.4, -0.2) is 37.2 Å². The molecule has 0 aliphatic rings. The highest BCUT2D eigenvalue weighted by Crippen LogP contribution is 2.15. The predicted molar refractivity (Wildman–Crippen MR) is 334 cm³/mol. The number of ether oxygens (including phenoxy) is 3. The maximum Gasteiger partial charge on any atom is 0.306 e. The quantitative estimate of drug-likeness (QED) is 0.0261. The zero-order valence-corrected chi connectivity index (χ0v) is 49.9. The minimum absolute atomic E-state index is 0.0948. The van der Waals surface area contributed by atoms with Gasteiger partial charge in [0.15, 0.2) is 6.10 Å². The molecule has 436 valence electrons. The number of carbonyl (C=O) groups is 3. The van der Waals surface area contributed by atoms with Crippen LogP contribution in [0.15, 0.2) is 134 Å². The van der Waals surface area contributed by atoms with E-state index < -0.39 is 6.10 Å².